The first-order valence-electron chi connectivity index (χ1n) is 4.40. The molecule has 0 amide bonds. The van der Waals surface area contributed by atoms with Crippen LogP contribution in [0.3, 0.4) is 0 Å². The highest BCUT2D eigenvalue weighted by Gasteiger charge is 2.05. The second kappa shape index (κ2) is 5.57. The van der Waals surface area contributed by atoms with Gasteiger partial charge in [0.15, 0.2) is 0 Å². The molecule has 5 heteroatoms. The lowest BCUT2D eigenvalue weighted by Crippen LogP contribution is -2.31. The number of amidine groups is 1. The van der Waals surface area contributed by atoms with E-state index in [1.807, 2.05) is 6.92 Å². The molecule has 1 aromatic rings. The lowest BCUT2D eigenvalue weighted by molar-refractivity contribution is 0.907. The topological polar surface area (TPSA) is 63.3 Å². The Hall–Kier alpha value is -1.13. The number of nitrogens with two attached hydrogens (primary N) is 1. The van der Waals surface area contributed by atoms with E-state index in [1.165, 1.54) is 0 Å². The van der Waals surface area contributed by atoms with Crippen molar-refractivity contribution >= 4 is 17.4 Å². The summed E-state index contributed by atoms with van der Waals surface area (Å²) in [6.07, 6.45) is 4.18. The third kappa shape index (κ3) is 2.68. The van der Waals surface area contributed by atoms with Crippen LogP contribution in [0.1, 0.15) is 18.9 Å². The number of hydrogen-bond acceptors (Lipinski definition) is 3. The molecule has 0 aliphatic rings. The van der Waals surface area contributed by atoms with Gasteiger partial charge in [-0.05, 0) is 12.5 Å². The Kier molecular flexibility index (Phi) is 4.35. The number of hydrazine groups is 1. The molecule has 0 aliphatic heterocycles. The van der Waals surface area contributed by atoms with Crippen LogP contribution in [0.15, 0.2) is 23.5 Å². The summed E-state index contributed by atoms with van der Waals surface area (Å²) in [6.45, 7) is 2.77. The molecule has 76 valence electrons. The third-order valence-corrected chi connectivity index (χ3v) is 1.96. The first-order valence-corrected chi connectivity index (χ1v) is 4.78. The summed E-state index contributed by atoms with van der Waals surface area (Å²) in [7, 11) is 0. The first-order chi connectivity index (χ1) is 6.79. The Balaban J connectivity index is 2.95. The van der Waals surface area contributed by atoms with Crippen molar-refractivity contribution in [2.75, 3.05) is 6.54 Å². The maximum absolute atomic E-state index is 5.94. The van der Waals surface area contributed by atoms with Crippen molar-refractivity contribution < 1.29 is 0 Å². The second-order valence-corrected chi connectivity index (χ2v) is 3.14. The molecule has 0 aliphatic carbocycles. The number of halogens is 1. The lowest BCUT2D eigenvalue weighted by atomic mass is 10.2. The van der Waals surface area contributed by atoms with Crippen molar-refractivity contribution in [3.63, 3.8) is 0 Å². The molecule has 1 rings (SSSR count). The third-order valence-electron chi connectivity index (χ3n) is 1.66. The summed E-state index contributed by atoms with van der Waals surface area (Å²) >= 11 is 5.94. The van der Waals surface area contributed by atoms with Crippen LogP contribution < -0.4 is 11.3 Å². The first kappa shape index (κ1) is 10.9. The number of aliphatic imine (C=N–C) groups is 1. The fourth-order valence-corrected chi connectivity index (χ4v) is 1.21. The van der Waals surface area contributed by atoms with E-state index in [1.54, 1.807) is 18.5 Å². The molecule has 0 radical (unpaired) electrons. The van der Waals surface area contributed by atoms with Crippen LogP contribution in [0.25, 0.3) is 0 Å². The molecule has 0 aromatic carbocycles. The maximum atomic E-state index is 5.94. The molecule has 3 N–H and O–H groups in total. The van der Waals surface area contributed by atoms with Gasteiger partial charge in [0.2, 0.25) is 0 Å². The summed E-state index contributed by atoms with van der Waals surface area (Å²) in [5.74, 6) is 5.95. The van der Waals surface area contributed by atoms with Crippen molar-refractivity contribution in [2.24, 2.45) is 10.8 Å². The van der Waals surface area contributed by atoms with E-state index in [-0.39, 0.29) is 0 Å². The van der Waals surface area contributed by atoms with Crippen LogP contribution in [-0.2, 0) is 0 Å². The predicted molar refractivity (Wildman–Crippen MR) is 58.3 cm³/mol. The van der Waals surface area contributed by atoms with Gasteiger partial charge in [-0.3, -0.25) is 9.98 Å². The molecule has 0 saturated heterocycles. The van der Waals surface area contributed by atoms with Gasteiger partial charge in [0.05, 0.1) is 5.02 Å². The molecular weight excluding hydrogens is 200 g/mol. The van der Waals surface area contributed by atoms with E-state index < -0.39 is 0 Å². The fraction of sp³-hybridized carbons (Fsp3) is 0.333. The summed E-state index contributed by atoms with van der Waals surface area (Å²) in [6, 6.07) is 1.77. The monoisotopic (exact) mass is 212 g/mol. The quantitative estimate of drug-likeness (QED) is 0.344. The molecule has 1 aromatic heterocycles. The van der Waals surface area contributed by atoms with Gasteiger partial charge in [-0.1, -0.05) is 18.5 Å². The fourth-order valence-electron chi connectivity index (χ4n) is 0.999. The minimum absolute atomic E-state index is 0.542. The van der Waals surface area contributed by atoms with Crippen LogP contribution >= 0.6 is 11.6 Å². The van der Waals surface area contributed by atoms with E-state index >= 15 is 0 Å². The maximum Gasteiger partial charge on any atom is 0.144 e. The Bertz CT molecular complexity index is 324. The number of nitrogens with one attached hydrogen (secondary N) is 1. The normalized spacial score (nSPS) is 11.5. The molecule has 0 spiro atoms. The highest BCUT2D eigenvalue weighted by atomic mass is 35.5. The second-order valence-electron chi connectivity index (χ2n) is 2.73. The van der Waals surface area contributed by atoms with Crippen LogP contribution in [0.4, 0.5) is 0 Å². The lowest BCUT2D eigenvalue weighted by Gasteiger charge is -2.06. The number of nitrogens with zero attached hydrogens (tertiary/aromatic N) is 2. The standard InChI is InChI=1S/C9H13ClN4/c1-2-4-13-9(14-11)7-3-5-12-6-8(7)10/h3,5-6H,2,4,11H2,1H3,(H,13,14). The minimum Gasteiger partial charge on any atom is -0.308 e. The van der Waals surface area contributed by atoms with Gasteiger partial charge >= 0.3 is 0 Å². The minimum atomic E-state index is 0.542. The predicted octanol–water partition coefficient (Wildman–Crippen LogP) is 1.35. The molecule has 0 fully saturated rings. The van der Waals surface area contributed by atoms with Crippen molar-refractivity contribution in [3.8, 4) is 0 Å². The van der Waals surface area contributed by atoms with Crippen molar-refractivity contribution in [2.45, 2.75) is 13.3 Å². The molecule has 0 bridgehead atoms. The zero-order valence-corrected chi connectivity index (χ0v) is 8.75. The number of rotatable bonds is 3. The van der Waals surface area contributed by atoms with E-state index in [2.05, 4.69) is 15.4 Å². The number of pyridine rings is 1. The van der Waals surface area contributed by atoms with Gasteiger partial charge in [0, 0.05) is 24.5 Å². The largest absolute Gasteiger partial charge is 0.308 e. The Morgan fingerprint density at radius 2 is 2.50 bits per heavy atom. The van der Waals surface area contributed by atoms with E-state index in [4.69, 9.17) is 17.4 Å². The smallest absolute Gasteiger partial charge is 0.144 e. The SMILES string of the molecule is CCCN=C(NN)c1ccncc1Cl. The summed E-state index contributed by atoms with van der Waals surface area (Å²) in [5.41, 5.74) is 3.31. The number of aromatic nitrogens is 1. The van der Waals surface area contributed by atoms with Gasteiger partial charge in [0.25, 0.3) is 0 Å². The molecule has 0 saturated carbocycles. The van der Waals surface area contributed by atoms with Gasteiger partial charge in [0.1, 0.15) is 5.84 Å². The van der Waals surface area contributed by atoms with E-state index in [0.717, 1.165) is 18.5 Å². The highest BCUT2D eigenvalue weighted by Crippen LogP contribution is 2.13. The van der Waals surface area contributed by atoms with Gasteiger partial charge in [-0.25, -0.2) is 5.84 Å². The van der Waals surface area contributed by atoms with Crippen LogP contribution in [0, 0.1) is 0 Å². The summed E-state index contributed by atoms with van der Waals surface area (Å²) in [5, 5.41) is 0.542. The van der Waals surface area contributed by atoms with Gasteiger partial charge < -0.3 is 5.43 Å². The average molecular weight is 213 g/mol. The summed E-state index contributed by atoms with van der Waals surface area (Å²) in [4.78, 5) is 8.15. The van der Waals surface area contributed by atoms with Crippen molar-refractivity contribution in [3.05, 3.63) is 29.0 Å². The van der Waals surface area contributed by atoms with Gasteiger partial charge in [-0.15, -0.1) is 0 Å². The molecule has 0 unspecified atom stereocenters. The highest BCUT2D eigenvalue weighted by molar-refractivity contribution is 6.33. The molecule has 0 atom stereocenters. The summed E-state index contributed by atoms with van der Waals surface area (Å²) < 4.78 is 0. The van der Waals surface area contributed by atoms with Crippen LogP contribution in [0.2, 0.25) is 5.02 Å². The Labute approximate surface area is 88.2 Å². The molecular formula is C9H13ClN4. The van der Waals surface area contributed by atoms with Crippen molar-refractivity contribution in [1.29, 1.82) is 0 Å². The Morgan fingerprint density at radius 1 is 1.71 bits per heavy atom. The average Bonchev–Trinajstić information content (AvgIpc) is 2.21. The van der Waals surface area contributed by atoms with Crippen LogP contribution in [0.5, 0.6) is 0 Å². The van der Waals surface area contributed by atoms with Gasteiger partial charge in [-0.2, -0.15) is 0 Å². The zero-order chi connectivity index (χ0) is 10.4. The van der Waals surface area contributed by atoms with E-state index in [9.17, 15) is 0 Å². The molecule has 1 heterocycles. The molecule has 14 heavy (non-hydrogen) atoms. The van der Waals surface area contributed by atoms with Crippen molar-refractivity contribution in [1.82, 2.24) is 10.4 Å². The Morgan fingerprint density at radius 3 is 3.07 bits per heavy atom. The number of hydrogen-bond donors (Lipinski definition) is 2. The zero-order valence-electron chi connectivity index (χ0n) is 8.00. The van der Waals surface area contributed by atoms with Crippen LogP contribution in [-0.4, -0.2) is 17.4 Å². The van der Waals surface area contributed by atoms with E-state index in [0.29, 0.717) is 10.9 Å². The molecule has 4 nitrogen and oxygen atoms in total.